The lowest BCUT2D eigenvalue weighted by atomic mass is 10.1. The number of carbonyl (C=O) groups is 1. The smallest absolute Gasteiger partial charge is 0.275 e. The van der Waals surface area contributed by atoms with Crippen molar-refractivity contribution >= 4 is 22.5 Å². The van der Waals surface area contributed by atoms with Gasteiger partial charge < -0.3 is 15.4 Å². The lowest BCUT2D eigenvalue weighted by Crippen LogP contribution is -2.44. The molecule has 1 unspecified atom stereocenters. The fraction of sp³-hybridized carbons (Fsp3) is 0.385. The number of nitrogens with one attached hydrogen (secondary N) is 1. The lowest BCUT2D eigenvalue weighted by Gasteiger charge is -2.30. The molecule has 0 bridgehead atoms. The van der Waals surface area contributed by atoms with Gasteiger partial charge in [-0.1, -0.05) is 0 Å². The minimum Gasteiger partial charge on any atom is -0.399 e. The summed E-state index contributed by atoms with van der Waals surface area (Å²) in [5.41, 5.74) is 7.64. The van der Waals surface area contributed by atoms with Crippen LogP contribution in [0.3, 0.4) is 0 Å². The molecule has 0 saturated carbocycles. The summed E-state index contributed by atoms with van der Waals surface area (Å²) in [6.45, 7) is 3.72. The molecule has 1 saturated heterocycles. The summed E-state index contributed by atoms with van der Waals surface area (Å²) in [4.78, 5) is 14.2. The molecule has 0 aliphatic carbocycles. The molecule has 1 amide bonds. The zero-order valence-electron chi connectivity index (χ0n) is 10.7. The van der Waals surface area contributed by atoms with Crippen LogP contribution in [0.4, 0.5) is 5.69 Å². The van der Waals surface area contributed by atoms with Crippen LogP contribution in [0.1, 0.15) is 17.4 Å². The molecule has 1 aliphatic heterocycles. The van der Waals surface area contributed by atoms with Gasteiger partial charge in [0.05, 0.1) is 18.2 Å². The topological polar surface area (TPSA) is 84.2 Å². The van der Waals surface area contributed by atoms with Crippen molar-refractivity contribution in [1.29, 1.82) is 0 Å². The molecule has 100 valence electrons. The number of fused-ring (bicyclic) bond motifs is 1. The zero-order chi connectivity index (χ0) is 13.4. The molecule has 6 nitrogen and oxygen atoms in total. The average Bonchev–Trinajstić information content (AvgIpc) is 2.80. The van der Waals surface area contributed by atoms with Crippen LogP contribution in [-0.4, -0.2) is 46.8 Å². The number of H-pyrrole nitrogens is 1. The Balaban J connectivity index is 1.95. The van der Waals surface area contributed by atoms with Crippen molar-refractivity contribution in [3.8, 4) is 0 Å². The van der Waals surface area contributed by atoms with E-state index in [1.165, 1.54) is 0 Å². The Labute approximate surface area is 110 Å². The summed E-state index contributed by atoms with van der Waals surface area (Å²) in [6, 6.07) is 5.39. The van der Waals surface area contributed by atoms with E-state index in [4.69, 9.17) is 10.5 Å². The molecular weight excluding hydrogens is 244 g/mol. The number of anilines is 1. The third kappa shape index (κ3) is 2.15. The summed E-state index contributed by atoms with van der Waals surface area (Å²) in [5.74, 6) is -0.0769. The predicted octanol–water partition coefficient (Wildman–Crippen LogP) is 1.01. The monoisotopic (exact) mass is 260 g/mol. The molecule has 1 fully saturated rings. The number of nitrogens with two attached hydrogens (primary N) is 1. The third-order valence-electron chi connectivity index (χ3n) is 3.32. The van der Waals surface area contributed by atoms with Crippen molar-refractivity contribution in [2.75, 3.05) is 25.4 Å². The average molecular weight is 260 g/mol. The van der Waals surface area contributed by atoms with Crippen molar-refractivity contribution in [2.24, 2.45) is 0 Å². The Morgan fingerprint density at radius 2 is 2.42 bits per heavy atom. The summed E-state index contributed by atoms with van der Waals surface area (Å²) in [5, 5.41) is 7.75. The number of nitrogens with zero attached hydrogens (tertiary/aromatic N) is 2. The van der Waals surface area contributed by atoms with E-state index in [0.29, 0.717) is 31.1 Å². The number of hydrogen-bond donors (Lipinski definition) is 2. The fourth-order valence-corrected chi connectivity index (χ4v) is 2.35. The maximum Gasteiger partial charge on any atom is 0.275 e. The van der Waals surface area contributed by atoms with Crippen LogP contribution < -0.4 is 5.73 Å². The van der Waals surface area contributed by atoms with Gasteiger partial charge in [0, 0.05) is 24.2 Å². The maximum atomic E-state index is 12.5. The van der Waals surface area contributed by atoms with E-state index in [1.807, 2.05) is 13.0 Å². The van der Waals surface area contributed by atoms with Gasteiger partial charge in [-0.15, -0.1) is 0 Å². The van der Waals surface area contributed by atoms with Gasteiger partial charge in [-0.05, 0) is 25.1 Å². The van der Waals surface area contributed by atoms with Crippen LogP contribution in [0.15, 0.2) is 18.2 Å². The van der Waals surface area contributed by atoms with Crippen LogP contribution in [0.25, 0.3) is 10.9 Å². The molecule has 6 heteroatoms. The molecule has 2 heterocycles. The Kier molecular flexibility index (Phi) is 2.87. The molecule has 1 aliphatic rings. The van der Waals surface area contributed by atoms with E-state index in [2.05, 4.69) is 10.2 Å². The molecule has 0 radical (unpaired) electrons. The van der Waals surface area contributed by atoms with Gasteiger partial charge in [0.1, 0.15) is 0 Å². The molecule has 1 atom stereocenters. The Morgan fingerprint density at radius 1 is 1.58 bits per heavy atom. The van der Waals surface area contributed by atoms with E-state index in [-0.39, 0.29) is 12.0 Å². The first-order chi connectivity index (χ1) is 9.15. The van der Waals surface area contributed by atoms with Crippen LogP contribution in [0.2, 0.25) is 0 Å². The van der Waals surface area contributed by atoms with E-state index >= 15 is 0 Å². The maximum absolute atomic E-state index is 12.5. The largest absolute Gasteiger partial charge is 0.399 e. The number of hydrogen-bond acceptors (Lipinski definition) is 4. The second kappa shape index (κ2) is 4.55. The van der Waals surface area contributed by atoms with Crippen molar-refractivity contribution in [3.05, 3.63) is 23.9 Å². The highest BCUT2D eigenvalue weighted by atomic mass is 16.5. The van der Waals surface area contributed by atoms with Gasteiger partial charge >= 0.3 is 0 Å². The number of carbonyl (C=O) groups excluding carboxylic acids is 1. The van der Waals surface area contributed by atoms with Crippen molar-refractivity contribution < 1.29 is 9.53 Å². The van der Waals surface area contributed by atoms with Gasteiger partial charge in [0.2, 0.25) is 0 Å². The quantitative estimate of drug-likeness (QED) is 0.749. The van der Waals surface area contributed by atoms with E-state index in [9.17, 15) is 4.79 Å². The first-order valence-corrected chi connectivity index (χ1v) is 6.29. The number of aromatic nitrogens is 2. The second-order valence-electron chi connectivity index (χ2n) is 4.81. The van der Waals surface area contributed by atoms with Gasteiger partial charge in [-0.2, -0.15) is 5.10 Å². The summed E-state index contributed by atoms with van der Waals surface area (Å²) < 4.78 is 5.44. The highest BCUT2D eigenvalue weighted by Crippen LogP contribution is 2.21. The van der Waals surface area contributed by atoms with Crippen LogP contribution >= 0.6 is 0 Å². The van der Waals surface area contributed by atoms with Crippen LogP contribution in [-0.2, 0) is 4.74 Å². The molecule has 19 heavy (non-hydrogen) atoms. The van der Waals surface area contributed by atoms with Gasteiger partial charge in [0.25, 0.3) is 5.91 Å². The summed E-state index contributed by atoms with van der Waals surface area (Å²) >= 11 is 0. The SMILES string of the molecule is CC1CN(C(=O)c2n[nH]c3ccc(N)cc23)CCO1. The highest BCUT2D eigenvalue weighted by Gasteiger charge is 2.25. The molecule has 1 aromatic carbocycles. The number of morpholine rings is 1. The highest BCUT2D eigenvalue weighted by molar-refractivity contribution is 6.05. The van der Waals surface area contributed by atoms with Crippen molar-refractivity contribution in [1.82, 2.24) is 15.1 Å². The van der Waals surface area contributed by atoms with Crippen LogP contribution in [0, 0.1) is 0 Å². The summed E-state index contributed by atoms with van der Waals surface area (Å²) in [6.07, 6.45) is 0.0629. The molecule has 0 spiro atoms. The standard InChI is InChI=1S/C13H16N4O2/c1-8-7-17(4-5-19-8)13(18)12-10-6-9(14)2-3-11(10)15-16-12/h2-3,6,8H,4-5,7,14H2,1H3,(H,15,16). The first-order valence-electron chi connectivity index (χ1n) is 6.29. The number of nitrogen functional groups attached to an aromatic ring is 1. The number of benzene rings is 1. The Hall–Kier alpha value is -2.08. The minimum absolute atomic E-state index is 0.0629. The summed E-state index contributed by atoms with van der Waals surface area (Å²) in [7, 11) is 0. The minimum atomic E-state index is -0.0769. The molecule has 1 aromatic heterocycles. The third-order valence-corrected chi connectivity index (χ3v) is 3.32. The molecule has 3 rings (SSSR count). The predicted molar refractivity (Wildman–Crippen MR) is 71.8 cm³/mol. The van der Waals surface area contributed by atoms with Crippen LogP contribution in [0.5, 0.6) is 0 Å². The molecular formula is C13H16N4O2. The number of amides is 1. The number of rotatable bonds is 1. The Morgan fingerprint density at radius 3 is 3.21 bits per heavy atom. The normalized spacial score (nSPS) is 19.8. The van der Waals surface area contributed by atoms with Crippen molar-refractivity contribution in [2.45, 2.75) is 13.0 Å². The van der Waals surface area contributed by atoms with Gasteiger partial charge in [-0.3, -0.25) is 9.89 Å². The molecule has 3 N–H and O–H groups in total. The fourth-order valence-electron chi connectivity index (χ4n) is 2.35. The zero-order valence-corrected chi connectivity index (χ0v) is 10.7. The first kappa shape index (κ1) is 12.0. The van der Waals surface area contributed by atoms with E-state index in [1.54, 1.807) is 17.0 Å². The van der Waals surface area contributed by atoms with Crippen molar-refractivity contribution in [3.63, 3.8) is 0 Å². The lowest BCUT2D eigenvalue weighted by molar-refractivity contribution is -0.0125. The second-order valence-corrected chi connectivity index (χ2v) is 4.81. The Bertz CT molecular complexity index is 622. The van der Waals surface area contributed by atoms with Gasteiger partial charge in [0.15, 0.2) is 5.69 Å². The molecule has 2 aromatic rings. The van der Waals surface area contributed by atoms with E-state index < -0.39 is 0 Å². The van der Waals surface area contributed by atoms with Gasteiger partial charge in [-0.25, -0.2) is 0 Å². The van der Waals surface area contributed by atoms with E-state index in [0.717, 1.165) is 10.9 Å². The number of ether oxygens (including phenoxy) is 1. The number of aromatic amines is 1.